The average molecular weight is 243 g/mol. The third-order valence-electron chi connectivity index (χ3n) is 2.15. The molecule has 5 nitrogen and oxygen atoms in total. The maximum absolute atomic E-state index is 11.6. The van der Waals surface area contributed by atoms with Crippen molar-refractivity contribution in [3.63, 3.8) is 0 Å². The number of carbonyl (C=O) groups is 1. The van der Waals surface area contributed by atoms with Gasteiger partial charge in [0.15, 0.2) is 17.1 Å². The van der Waals surface area contributed by atoms with Gasteiger partial charge >= 0.3 is 0 Å². The molecule has 0 aliphatic carbocycles. The van der Waals surface area contributed by atoms with Gasteiger partial charge in [-0.2, -0.15) is 0 Å². The zero-order valence-corrected chi connectivity index (χ0v) is 9.79. The first-order valence-corrected chi connectivity index (χ1v) is 5.84. The second-order valence-electron chi connectivity index (χ2n) is 3.31. The minimum Gasteiger partial charge on any atom is -0.384 e. The Kier molecular flexibility index (Phi) is 4.00. The summed E-state index contributed by atoms with van der Waals surface area (Å²) < 4.78 is 15.5. The fraction of sp³-hybridized carbons (Fsp3) is 0.600. The standard InChI is InChI=1S/C10H13NO4S/c1-13-3-2-7(12)9-11-6-8(16-9)10-14-4-5-15-10/h6,10H,2-5H2,1H3. The fourth-order valence-electron chi connectivity index (χ4n) is 1.35. The molecule has 0 N–H and O–H groups in total. The zero-order chi connectivity index (χ0) is 11.4. The summed E-state index contributed by atoms with van der Waals surface area (Å²) in [6.07, 6.45) is 1.65. The molecule has 1 aliphatic rings. The van der Waals surface area contributed by atoms with E-state index in [9.17, 15) is 4.79 Å². The van der Waals surface area contributed by atoms with E-state index < -0.39 is 0 Å². The average Bonchev–Trinajstić information content (AvgIpc) is 2.94. The quantitative estimate of drug-likeness (QED) is 0.732. The molecule has 16 heavy (non-hydrogen) atoms. The molecule has 0 bridgehead atoms. The molecule has 0 atom stereocenters. The Balaban J connectivity index is 1.98. The highest BCUT2D eigenvalue weighted by Gasteiger charge is 2.22. The van der Waals surface area contributed by atoms with E-state index in [2.05, 4.69) is 4.98 Å². The van der Waals surface area contributed by atoms with Crippen molar-refractivity contribution in [1.29, 1.82) is 0 Å². The highest BCUT2D eigenvalue weighted by molar-refractivity contribution is 7.13. The first kappa shape index (κ1) is 11.7. The molecule has 0 saturated carbocycles. The van der Waals surface area contributed by atoms with E-state index in [0.717, 1.165) is 4.88 Å². The number of hydrogen-bond donors (Lipinski definition) is 0. The number of Topliss-reactive ketones (excluding diaryl/α,β-unsaturated/α-hetero) is 1. The molecular weight excluding hydrogens is 230 g/mol. The zero-order valence-electron chi connectivity index (χ0n) is 8.97. The number of hydrogen-bond acceptors (Lipinski definition) is 6. The largest absolute Gasteiger partial charge is 0.384 e. The summed E-state index contributed by atoms with van der Waals surface area (Å²) in [6, 6.07) is 0. The van der Waals surface area contributed by atoms with E-state index >= 15 is 0 Å². The molecular formula is C10H13NO4S. The van der Waals surface area contributed by atoms with E-state index in [1.807, 2.05) is 0 Å². The molecule has 0 spiro atoms. The summed E-state index contributed by atoms with van der Waals surface area (Å²) in [5, 5.41) is 0.492. The molecule has 1 saturated heterocycles. The number of aromatic nitrogens is 1. The highest BCUT2D eigenvalue weighted by Crippen LogP contribution is 2.28. The molecule has 0 aromatic carbocycles. The van der Waals surface area contributed by atoms with Crippen LogP contribution in [0.4, 0.5) is 0 Å². The van der Waals surface area contributed by atoms with Crippen LogP contribution in [0.15, 0.2) is 6.20 Å². The summed E-state index contributed by atoms with van der Waals surface area (Å²) in [4.78, 5) is 16.5. The van der Waals surface area contributed by atoms with Crippen molar-refractivity contribution in [2.75, 3.05) is 26.9 Å². The SMILES string of the molecule is COCCC(=O)c1ncc(C2OCCO2)s1. The van der Waals surface area contributed by atoms with Crippen LogP contribution in [0.3, 0.4) is 0 Å². The van der Waals surface area contributed by atoms with Crippen LogP contribution >= 0.6 is 11.3 Å². The van der Waals surface area contributed by atoms with Crippen molar-refractivity contribution in [2.45, 2.75) is 12.7 Å². The first-order valence-electron chi connectivity index (χ1n) is 5.02. The lowest BCUT2D eigenvalue weighted by atomic mass is 10.3. The van der Waals surface area contributed by atoms with Crippen molar-refractivity contribution in [1.82, 2.24) is 4.98 Å². The Morgan fingerprint density at radius 2 is 2.38 bits per heavy atom. The third kappa shape index (κ3) is 2.65. The summed E-state index contributed by atoms with van der Waals surface area (Å²) >= 11 is 1.32. The summed E-state index contributed by atoms with van der Waals surface area (Å²) in [6.45, 7) is 1.61. The predicted molar refractivity (Wildman–Crippen MR) is 57.6 cm³/mol. The van der Waals surface area contributed by atoms with Gasteiger partial charge in [-0.05, 0) is 0 Å². The maximum atomic E-state index is 11.6. The summed E-state index contributed by atoms with van der Waals surface area (Å²) in [5.74, 6) is -0.00361. The number of methoxy groups -OCH3 is 1. The topological polar surface area (TPSA) is 57.7 Å². The van der Waals surface area contributed by atoms with Crippen molar-refractivity contribution < 1.29 is 19.0 Å². The predicted octanol–water partition coefficient (Wildman–Crippen LogP) is 1.41. The Labute approximate surface area is 97.3 Å². The van der Waals surface area contributed by atoms with E-state index in [4.69, 9.17) is 14.2 Å². The molecule has 88 valence electrons. The normalized spacial score (nSPS) is 16.8. The van der Waals surface area contributed by atoms with Crippen LogP contribution in [-0.4, -0.2) is 37.7 Å². The minimum atomic E-state index is -0.346. The highest BCUT2D eigenvalue weighted by atomic mass is 32.1. The van der Waals surface area contributed by atoms with Crippen LogP contribution in [-0.2, 0) is 14.2 Å². The fourth-order valence-corrected chi connectivity index (χ4v) is 2.23. The number of ether oxygens (including phenoxy) is 3. The summed E-state index contributed by atoms with van der Waals surface area (Å²) in [7, 11) is 1.57. The van der Waals surface area contributed by atoms with Gasteiger partial charge < -0.3 is 14.2 Å². The van der Waals surface area contributed by atoms with Crippen LogP contribution in [0.5, 0.6) is 0 Å². The molecule has 0 amide bonds. The molecule has 0 radical (unpaired) electrons. The van der Waals surface area contributed by atoms with Crippen molar-refractivity contribution in [3.05, 3.63) is 16.1 Å². The molecule has 1 aromatic rings. The van der Waals surface area contributed by atoms with Crippen LogP contribution in [0.2, 0.25) is 0 Å². The molecule has 1 aliphatic heterocycles. The second kappa shape index (κ2) is 5.49. The Bertz CT molecular complexity index is 359. The second-order valence-corrected chi connectivity index (χ2v) is 4.37. The van der Waals surface area contributed by atoms with Gasteiger partial charge in [0.25, 0.3) is 0 Å². The Hall–Kier alpha value is -0.820. The molecule has 6 heteroatoms. The number of carbonyl (C=O) groups excluding carboxylic acids is 1. The van der Waals surface area contributed by atoms with Crippen LogP contribution in [0.1, 0.15) is 27.4 Å². The summed E-state index contributed by atoms with van der Waals surface area (Å²) in [5.41, 5.74) is 0. The number of rotatable bonds is 5. The van der Waals surface area contributed by atoms with Gasteiger partial charge in [-0.25, -0.2) is 4.98 Å². The van der Waals surface area contributed by atoms with Crippen molar-refractivity contribution in [2.24, 2.45) is 0 Å². The van der Waals surface area contributed by atoms with Gasteiger partial charge in [0.1, 0.15) is 0 Å². The van der Waals surface area contributed by atoms with Gasteiger partial charge in [0, 0.05) is 19.7 Å². The van der Waals surface area contributed by atoms with Gasteiger partial charge in [0.05, 0.1) is 24.7 Å². The number of thiazole rings is 1. The molecule has 1 aromatic heterocycles. The lowest BCUT2D eigenvalue weighted by Gasteiger charge is -2.03. The van der Waals surface area contributed by atoms with E-state index in [-0.39, 0.29) is 12.1 Å². The number of ketones is 1. The van der Waals surface area contributed by atoms with Gasteiger partial charge in [0.2, 0.25) is 0 Å². The van der Waals surface area contributed by atoms with Crippen molar-refractivity contribution >= 4 is 17.1 Å². The van der Waals surface area contributed by atoms with Gasteiger partial charge in [-0.1, -0.05) is 0 Å². The molecule has 0 unspecified atom stereocenters. The van der Waals surface area contributed by atoms with E-state index in [1.54, 1.807) is 13.3 Å². The minimum absolute atomic E-state index is 0.00361. The smallest absolute Gasteiger partial charge is 0.194 e. The lowest BCUT2D eigenvalue weighted by Crippen LogP contribution is -2.02. The van der Waals surface area contributed by atoms with Crippen LogP contribution in [0, 0.1) is 0 Å². The molecule has 2 heterocycles. The van der Waals surface area contributed by atoms with Crippen molar-refractivity contribution in [3.8, 4) is 0 Å². The monoisotopic (exact) mass is 243 g/mol. The maximum Gasteiger partial charge on any atom is 0.194 e. The molecule has 2 rings (SSSR count). The van der Waals surface area contributed by atoms with Gasteiger partial charge in [-0.15, -0.1) is 11.3 Å². The first-order chi connectivity index (χ1) is 7.81. The number of nitrogens with zero attached hydrogens (tertiary/aromatic N) is 1. The molecule has 1 fully saturated rings. The van der Waals surface area contributed by atoms with Crippen LogP contribution in [0.25, 0.3) is 0 Å². The third-order valence-corrected chi connectivity index (χ3v) is 3.21. The Morgan fingerprint density at radius 1 is 1.62 bits per heavy atom. The van der Waals surface area contributed by atoms with E-state index in [0.29, 0.717) is 31.2 Å². The van der Waals surface area contributed by atoms with Crippen LogP contribution < -0.4 is 0 Å². The van der Waals surface area contributed by atoms with Gasteiger partial charge in [-0.3, -0.25) is 4.79 Å². The lowest BCUT2D eigenvalue weighted by molar-refractivity contribution is -0.0414. The van der Waals surface area contributed by atoms with E-state index in [1.165, 1.54) is 11.3 Å². The Morgan fingerprint density at radius 3 is 3.06 bits per heavy atom.